The van der Waals surface area contributed by atoms with Crippen molar-refractivity contribution in [3.05, 3.63) is 70.8 Å². The summed E-state index contributed by atoms with van der Waals surface area (Å²) in [5.74, 6) is 0.136. The number of pyridine rings is 1. The number of nitrogen functional groups attached to an aromatic ring is 1. The van der Waals surface area contributed by atoms with E-state index in [1.807, 2.05) is 62.4 Å². The lowest BCUT2D eigenvalue weighted by molar-refractivity contribution is 1.11. The summed E-state index contributed by atoms with van der Waals surface area (Å²) in [7, 11) is 0. The smallest absolute Gasteiger partial charge is 0.143 e. The van der Waals surface area contributed by atoms with E-state index in [-0.39, 0.29) is 11.4 Å². The van der Waals surface area contributed by atoms with Gasteiger partial charge in [0.15, 0.2) is 0 Å². The van der Waals surface area contributed by atoms with E-state index in [9.17, 15) is 10.5 Å². The zero-order chi connectivity index (χ0) is 18.7. The van der Waals surface area contributed by atoms with Crippen molar-refractivity contribution in [2.24, 2.45) is 0 Å². The van der Waals surface area contributed by atoms with Crippen molar-refractivity contribution < 1.29 is 0 Å². The molecule has 26 heavy (non-hydrogen) atoms. The Bertz CT molecular complexity index is 1040. The van der Waals surface area contributed by atoms with E-state index < -0.39 is 0 Å². The van der Waals surface area contributed by atoms with Crippen molar-refractivity contribution in [3.8, 4) is 23.3 Å². The minimum absolute atomic E-state index is 0.136. The average molecular weight is 356 g/mol. The Kier molecular flexibility index (Phi) is 4.93. The second kappa shape index (κ2) is 7.31. The highest BCUT2D eigenvalue weighted by atomic mass is 32.2. The van der Waals surface area contributed by atoms with Crippen molar-refractivity contribution in [1.29, 1.82) is 10.5 Å². The van der Waals surface area contributed by atoms with Crippen LogP contribution >= 0.6 is 11.8 Å². The third kappa shape index (κ3) is 3.39. The summed E-state index contributed by atoms with van der Waals surface area (Å²) in [6.45, 7) is 4.00. The predicted molar refractivity (Wildman–Crippen MR) is 104 cm³/mol. The molecule has 0 bridgehead atoms. The number of benzene rings is 2. The molecule has 1 heterocycles. The molecule has 1 aromatic heterocycles. The van der Waals surface area contributed by atoms with E-state index >= 15 is 0 Å². The van der Waals surface area contributed by atoms with Crippen LogP contribution in [-0.4, -0.2) is 4.98 Å². The molecule has 0 aliphatic heterocycles. The number of nitriles is 2. The Balaban J connectivity index is 2.21. The highest BCUT2D eigenvalue weighted by Gasteiger charge is 2.20. The Morgan fingerprint density at radius 2 is 1.38 bits per heavy atom. The van der Waals surface area contributed by atoms with E-state index in [4.69, 9.17) is 5.73 Å². The van der Waals surface area contributed by atoms with Crippen LogP contribution in [0.25, 0.3) is 11.1 Å². The van der Waals surface area contributed by atoms with Crippen LogP contribution in [0, 0.1) is 36.5 Å². The third-order valence-electron chi connectivity index (χ3n) is 3.99. The fourth-order valence-electron chi connectivity index (χ4n) is 2.60. The van der Waals surface area contributed by atoms with Crippen molar-refractivity contribution in [1.82, 2.24) is 4.98 Å². The third-order valence-corrected chi connectivity index (χ3v) is 4.99. The van der Waals surface area contributed by atoms with Crippen LogP contribution in [0.4, 0.5) is 5.82 Å². The van der Waals surface area contributed by atoms with Gasteiger partial charge in [-0.15, -0.1) is 0 Å². The van der Waals surface area contributed by atoms with E-state index in [0.29, 0.717) is 16.2 Å². The van der Waals surface area contributed by atoms with Gasteiger partial charge in [0.25, 0.3) is 0 Å². The standard InChI is InChI=1S/C21H16N4S/c1-13-3-7-15(8-4-13)19-17(11-22)20(24)25-21(18(19)12-23)26-16-9-5-14(2)6-10-16/h3-10H,1-2H3,(H2,24,25). The minimum atomic E-state index is 0.136. The fourth-order valence-corrected chi connectivity index (χ4v) is 3.49. The molecule has 3 rings (SSSR count). The Morgan fingerprint density at radius 3 is 1.92 bits per heavy atom. The van der Waals surface area contributed by atoms with Crippen molar-refractivity contribution in [3.63, 3.8) is 0 Å². The Hall–Kier alpha value is -3.28. The first-order chi connectivity index (χ1) is 12.5. The summed E-state index contributed by atoms with van der Waals surface area (Å²) in [6.07, 6.45) is 0. The van der Waals surface area contributed by atoms with Crippen LogP contribution < -0.4 is 5.73 Å². The molecule has 0 radical (unpaired) electrons. The van der Waals surface area contributed by atoms with Crippen LogP contribution in [0.1, 0.15) is 22.3 Å². The second-order valence-corrected chi connectivity index (χ2v) is 6.99. The zero-order valence-corrected chi connectivity index (χ0v) is 15.3. The highest BCUT2D eigenvalue weighted by molar-refractivity contribution is 7.99. The lowest BCUT2D eigenvalue weighted by atomic mass is 9.96. The van der Waals surface area contributed by atoms with Gasteiger partial charge < -0.3 is 5.73 Å². The van der Waals surface area contributed by atoms with E-state index in [0.717, 1.165) is 21.6 Å². The predicted octanol–water partition coefficient (Wildman–Crippen LogP) is 4.84. The van der Waals surface area contributed by atoms with Crippen LogP contribution in [0.5, 0.6) is 0 Å². The van der Waals surface area contributed by atoms with Gasteiger partial charge in [-0.3, -0.25) is 0 Å². The molecule has 0 spiro atoms. The summed E-state index contributed by atoms with van der Waals surface area (Å²) >= 11 is 1.37. The quantitative estimate of drug-likeness (QED) is 0.725. The first kappa shape index (κ1) is 17.5. The van der Waals surface area contributed by atoms with Gasteiger partial charge in [-0.25, -0.2) is 4.98 Å². The molecule has 3 aromatic rings. The molecular weight excluding hydrogens is 340 g/mol. The highest BCUT2D eigenvalue weighted by Crippen LogP contribution is 2.38. The summed E-state index contributed by atoms with van der Waals surface area (Å²) in [4.78, 5) is 5.29. The van der Waals surface area contributed by atoms with Gasteiger partial charge in [0, 0.05) is 10.5 Å². The SMILES string of the molecule is Cc1ccc(Sc2nc(N)c(C#N)c(-c3ccc(C)cc3)c2C#N)cc1. The molecule has 4 nitrogen and oxygen atoms in total. The number of aryl methyl sites for hydroxylation is 2. The van der Waals surface area contributed by atoms with E-state index in [1.54, 1.807) is 0 Å². The molecule has 0 amide bonds. The van der Waals surface area contributed by atoms with Crippen LogP contribution in [0.15, 0.2) is 58.5 Å². The summed E-state index contributed by atoms with van der Waals surface area (Å²) in [6, 6.07) is 20.0. The van der Waals surface area contributed by atoms with E-state index in [2.05, 4.69) is 17.1 Å². The lowest BCUT2D eigenvalue weighted by Crippen LogP contribution is -2.03. The topological polar surface area (TPSA) is 86.5 Å². The Morgan fingerprint density at radius 1 is 0.846 bits per heavy atom. The van der Waals surface area contributed by atoms with Gasteiger partial charge in [0.2, 0.25) is 0 Å². The summed E-state index contributed by atoms with van der Waals surface area (Å²) in [5.41, 5.74) is 10.2. The summed E-state index contributed by atoms with van der Waals surface area (Å²) in [5, 5.41) is 19.9. The minimum Gasteiger partial charge on any atom is -0.383 e. The molecule has 126 valence electrons. The Labute approximate surface area is 156 Å². The van der Waals surface area contributed by atoms with Crippen molar-refractivity contribution >= 4 is 17.6 Å². The number of nitrogens with two attached hydrogens (primary N) is 1. The molecule has 0 saturated carbocycles. The number of rotatable bonds is 3. The van der Waals surface area contributed by atoms with Gasteiger partial charge in [0.05, 0.1) is 5.56 Å². The van der Waals surface area contributed by atoms with Gasteiger partial charge >= 0.3 is 0 Å². The molecule has 0 aliphatic carbocycles. The number of aromatic nitrogens is 1. The first-order valence-corrected chi connectivity index (χ1v) is 8.80. The number of hydrogen-bond acceptors (Lipinski definition) is 5. The monoisotopic (exact) mass is 356 g/mol. The normalized spacial score (nSPS) is 10.2. The van der Waals surface area contributed by atoms with Gasteiger partial charge in [-0.2, -0.15) is 10.5 Å². The number of anilines is 1. The molecule has 2 N–H and O–H groups in total. The van der Waals surface area contributed by atoms with Crippen molar-refractivity contribution in [2.75, 3.05) is 5.73 Å². The molecule has 0 unspecified atom stereocenters. The molecular formula is C21H16N4S. The average Bonchev–Trinajstić information content (AvgIpc) is 2.64. The van der Waals surface area contributed by atoms with E-state index in [1.165, 1.54) is 11.8 Å². The van der Waals surface area contributed by atoms with Crippen LogP contribution in [-0.2, 0) is 0 Å². The maximum Gasteiger partial charge on any atom is 0.143 e. The summed E-state index contributed by atoms with van der Waals surface area (Å²) < 4.78 is 0. The lowest BCUT2D eigenvalue weighted by Gasteiger charge is -2.13. The van der Waals surface area contributed by atoms with Gasteiger partial charge in [-0.1, -0.05) is 59.3 Å². The maximum absolute atomic E-state index is 9.79. The maximum atomic E-state index is 9.79. The molecule has 0 saturated heterocycles. The molecule has 0 fully saturated rings. The van der Waals surface area contributed by atoms with Crippen molar-refractivity contribution in [2.45, 2.75) is 23.8 Å². The number of nitrogens with zero attached hydrogens (tertiary/aromatic N) is 3. The van der Waals surface area contributed by atoms with Crippen LogP contribution in [0.2, 0.25) is 0 Å². The first-order valence-electron chi connectivity index (χ1n) is 7.98. The van der Waals surface area contributed by atoms with Gasteiger partial charge in [0.1, 0.15) is 28.5 Å². The molecule has 2 aromatic carbocycles. The molecule has 0 aliphatic rings. The fraction of sp³-hybridized carbons (Fsp3) is 0.0952. The molecule has 5 heteroatoms. The molecule has 0 atom stereocenters. The van der Waals surface area contributed by atoms with Crippen LogP contribution in [0.3, 0.4) is 0 Å². The second-order valence-electron chi connectivity index (χ2n) is 5.93. The zero-order valence-electron chi connectivity index (χ0n) is 14.4. The number of hydrogen-bond donors (Lipinski definition) is 1. The largest absolute Gasteiger partial charge is 0.383 e. The van der Waals surface area contributed by atoms with Gasteiger partial charge in [-0.05, 0) is 31.5 Å².